The fourth-order valence-electron chi connectivity index (χ4n) is 0.958. The third kappa shape index (κ3) is 4.22. The highest BCUT2D eigenvalue weighted by Crippen LogP contribution is 2.04. The Kier molecular flexibility index (Phi) is 4.15. The second-order valence-electron chi connectivity index (χ2n) is 2.93. The second kappa shape index (κ2) is 5.17. The SMILES string of the molecule is C[C@H](O)CNCc1cccc(Cl)n1. The van der Waals surface area contributed by atoms with E-state index in [1.807, 2.05) is 12.1 Å². The van der Waals surface area contributed by atoms with Gasteiger partial charge < -0.3 is 10.4 Å². The number of nitrogens with one attached hydrogen (secondary N) is 1. The van der Waals surface area contributed by atoms with E-state index in [1.165, 1.54) is 0 Å². The molecule has 0 fully saturated rings. The van der Waals surface area contributed by atoms with Gasteiger partial charge in [-0.05, 0) is 19.1 Å². The molecule has 1 aromatic rings. The topological polar surface area (TPSA) is 45.1 Å². The number of pyridine rings is 1. The maximum Gasteiger partial charge on any atom is 0.129 e. The minimum Gasteiger partial charge on any atom is -0.392 e. The average Bonchev–Trinajstić information content (AvgIpc) is 2.03. The van der Waals surface area contributed by atoms with Crippen molar-refractivity contribution in [2.24, 2.45) is 0 Å². The summed E-state index contributed by atoms with van der Waals surface area (Å²) in [5.41, 5.74) is 0.883. The van der Waals surface area contributed by atoms with Crippen molar-refractivity contribution in [3.05, 3.63) is 29.0 Å². The Morgan fingerprint density at radius 2 is 2.38 bits per heavy atom. The lowest BCUT2D eigenvalue weighted by atomic mass is 10.3. The predicted molar refractivity (Wildman–Crippen MR) is 52.6 cm³/mol. The molecule has 1 atom stereocenters. The van der Waals surface area contributed by atoms with Crippen LogP contribution in [-0.4, -0.2) is 22.7 Å². The van der Waals surface area contributed by atoms with Crippen LogP contribution >= 0.6 is 11.6 Å². The molecule has 0 aliphatic heterocycles. The summed E-state index contributed by atoms with van der Waals surface area (Å²) in [5.74, 6) is 0. The number of rotatable bonds is 4. The van der Waals surface area contributed by atoms with E-state index in [9.17, 15) is 0 Å². The van der Waals surface area contributed by atoms with Gasteiger partial charge in [-0.2, -0.15) is 0 Å². The maximum atomic E-state index is 8.98. The summed E-state index contributed by atoms with van der Waals surface area (Å²) in [6.07, 6.45) is -0.334. The lowest BCUT2D eigenvalue weighted by Gasteiger charge is -2.05. The average molecular weight is 201 g/mol. The number of hydrogen-bond acceptors (Lipinski definition) is 3. The van der Waals surface area contributed by atoms with Gasteiger partial charge in [0.1, 0.15) is 5.15 Å². The molecule has 72 valence electrons. The molecule has 1 heterocycles. The van der Waals surface area contributed by atoms with Crippen molar-refractivity contribution in [3.63, 3.8) is 0 Å². The van der Waals surface area contributed by atoms with Crippen LogP contribution in [0, 0.1) is 0 Å². The van der Waals surface area contributed by atoms with Crippen LogP contribution in [0.15, 0.2) is 18.2 Å². The van der Waals surface area contributed by atoms with Crippen LogP contribution < -0.4 is 5.32 Å². The van der Waals surface area contributed by atoms with Gasteiger partial charge in [-0.1, -0.05) is 17.7 Å². The van der Waals surface area contributed by atoms with Crippen LogP contribution in [0.1, 0.15) is 12.6 Å². The summed E-state index contributed by atoms with van der Waals surface area (Å²) < 4.78 is 0. The highest BCUT2D eigenvalue weighted by atomic mass is 35.5. The van der Waals surface area contributed by atoms with Gasteiger partial charge in [-0.3, -0.25) is 0 Å². The number of aliphatic hydroxyl groups excluding tert-OH is 1. The smallest absolute Gasteiger partial charge is 0.129 e. The highest BCUT2D eigenvalue weighted by Gasteiger charge is 1.97. The molecule has 0 aliphatic carbocycles. The number of hydrogen-bond donors (Lipinski definition) is 2. The summed E-state index contributed by atoms with van der Waals surface area (Å²) >= 11 is 5.70. The van der Waals surface area contributed by atoms with Gasteiger partial charge in [0.05, 0.1) is 11.8 Å². The Hall–Kier alpha value is -0.640. The number of nitrogens with zero attached hydrogens (tertiary/aromatic N) is 1. The molecule has 0 saturated carbocycles. The Morgan fingerprint density at radius 1 is 1.62 bits per heavy atom. The van der Waals surface area contributed by atoms with Gasteiger partial charge in [-0.15, -0.1) is 0 Å². The Morgan fingerprint density at radius 3 is 3.00 bits per heavy atom. The number of aliphatic hydroxyl groups is 1. The van der Waals surface area contributed by atoms with E-state index in [-0.39, 0.29) is 6.10 Å². The van der Waals surface area contributed by atoms with Crippen molar-refractivity contribution in [1.29, 1.82) is 0 Å². The summed E-state index contributed by atoms with van der Waals surface area (Å²) in [5, 5.41) is 12.5. The van der Waals surface area contributed by atoms with Crippen LogP contribution in [0.4, 0.5) is 0 Å². The molecular weight excluding hydrogens is 188 g/mol. The van der Waals surface area contributed by atoms with E-state index in [1.54, 1.807) is 13.0 Å². The molecule has 0 unspecified atom stereocenters. The molecule has 1 aromatic heterocycles. The zero-order valence-corrected chi connectivity index (χ0v) is 8.25. The molecule has 0 amide bonds. The molecule has 0 saturated heterocycles. The molecule has 3 nitrogen and oxygen atoms in total. The Labute approximate surface area is 82.8 Å². The lowest BCUT2D eigenvalue weighted by Crippen LogP contribution is -2.24. The van der Waals surface area contributed by atoms with Crippen LogP contribution in [0.3, 0.4) is 0 Å². The van der Waals surface area contributed by atoms with Crippen LogP contribution in [0.5, 0.6) is 0 Å². The normalized spacial score (nSPS) is 12.8. The highest BCUT2D eigenvalue weighted by molar-refractivity contribution is 6.29. The van der Waals surface area contributed by atoms with E-state index in [2.05, 4.69) is 10.3 Å². The van der Waals surface area contributed by atoms with Gasteiger partial charge in [0.15, 0.2) is 0 Å². The standard InChI is InChI=1S/C9H13ClN2O/c1-7(13)5-11-6-8-3-2-4-9(10)12-8/h2-4,7,11,13H,5-6H2,1H3/t7-/m0/s1. The minimum absolute atomic E-state index is 0.334. The van der Waals surface area contributed by atoms with Crippen LogP contribution in [-0.2, 0) is 6.54 Å². The summed E-state index contributed by atoms with van der Waals surface area (Å²) in [6.45, 7) is 2.93. The van der Waals surface area contributed by atoms with E-state index in [0.717, 1.165) is 5.69 Å². The first kappa shape index (κ1) is 10.4. The Bertz CT molecular complexity index is 266. The fourth-order valence-corrected chi connectivity index (χ4v) is 1.14. The second-order valence-corrected chi connectivity index (χ2v) is 3.32. The molecule has 2 N–H and O–H groups in total. The van der Waals surface area contributed by atoms with E-state index in [0.29, 0.717) is 18.2 Å². The predicted octanol–water partition coefficient (Wildman–Crippen LogP) is 1.21. The van der Waals surface area contributed by atoms with Crippen molar-refractivity contribution in [2.45, 2.75) is 19.6 Å². The first-order valence-electron chi connectivity index (χ1n) is 4.18. The number of halogens is 1. The van der Waals surface area contributed by atoms with E-state index in [4.69, 9.17) is 16.7 Å². The zero-order chi connectivity index (χ0) is 9.68. The summed E-state index contributed by atoms with van der Waals surface area (Å²) in [7, 11) is 0. The van der Waals surface area contributed by atoms with Crippen LogP contribution in [0.25, 0.3) is 0 Å². The molecule has 0 bridgehead atoms. The van der Waals surface area contributed by atoms with Gasteiger partial charge in [0.2, 0.25) is 0 Å². The monoisotopic (exact) mass is 200 g/mol. The first-order chi connectivity index (χ1) is 6.18. The summed E-state index contributed by atoms with van der Waals surface area (Å²) in [6, 6.07) is 5.48. The van der Waals surface area contributed by atoms with Crippen molar-refractivity contribution in [2.75, 3.05) is 6.54 Å². The molecule has 13 heavy (non-hydrogen) atoms. The first-order valence-corrected chi connectivity index (χ1v) is 4.56. The zero-order valence-electron chi connectivity index (χ0n) is 7.50. The minimum atomic E-state index is -0.334. The molecular formula is C9H13ClN2O. The number of aromatic nitrogens is 1. The van der Waals surface area contributed by atoms with Gasteiger partial charge in [-0.25, -0.2) is 4.98 Å². The molecule has 0 aliphatic rings. The van der Waals surface area contributed by atoms with Crippen molar-refractivity contribution < 1.29 is 5.11 Å². The van der Waals surface area contributed by atoms with Gasteiger partial charge >= 0.3 is 0 Å². The molecule has 0 spiro atoms. The van der Waals surface area contributed by atoms with Crippen molar-refractivity contribution in [3.8, 4) is 0 Å². The maximum absolute atomic E-state index is 8.98. The van der Waals surface area contributed by atoms with Crippen molar-refractivity contribution >= 4 is 11.6 Å². The third-order valence-corrected chi connectivity index (χ3v) is 1.73. The quantitative estimate of drug-likeness (QED) is 0.719. The third-order valence-electron chi connectivity index (χ3n) is 1.52. The summed E-state index contributed by atoms with van der Waals surface area (Å²) in [4.78, 5) is 4.09. The molecule has 0 radical (unpaired) electrons. The van der Waals surface area contributed by atoms with Gasteiger partial charge in [0, 0.05) is 13.1 Å². The molecule has 1 rings (SSSR count). The van der Waals surface area contributed by atoms with Crippen LogP contribution in [0.2, 0.25) is 5.15 Å². The lowest BCUT2D eigenvalue weighted by molar-refractivity contribution is 0.191. The fraction of sp³-hybridized carbons (Fsp3) is 0.444. The largest absolute Gasteiger partial charge is 0.392 e. The van der Waals surface area contributed by atoms with Crippen molar-refractivity contribution in [1.82, 2.24) is 10.3 Å². The molecule has 0 aromatic carbocycles. The van der Waals surface area contributed by atoms with Gasteiger partial charge in [0.25, 0.3) is 0 Å². The molecule has 4 heteroatoms. The Balaban J connectivity index is 2.37. The van der Waals surface area contributed by atoms with E-state index < -0.39 is 0 Å². The van der Waals surface area contributed by atoms with E-state index >= 15 is 0 Å².